The summed E-state index contributed by atoms with van der Waals surface area (Å²) in [5, 5.41) is 2.63. The van der Waals surface area contributed by atoms with E-state index in [9.17, 15) is 18.0 Å². The van der Waals surface area contributed by atoms with Gasteiger partial charge in [-0.2, -0.15) is 13.2 Å². The number of hydrogen-bond acceptors (Lipinski definition) is 5. The molecular formula is C12H15F3N4O2. The summed E-state index contributed by atoms with van der Waals surface area (Å²) in [5.74, 6) is -0.211. The first-order valence-electron chi connectivity index (χ1n) is 6.46. The van der Waals surface area contributed by atoms with Crippen LogP contribution in [0.25, 0.3) is 0 Å². The van der Waals surface area contributed by atoms with Crippen LogP contribution < -0.4 is 5.32 Å². The average Bonchev–Trinajstić information content (AvgIpc) is 2.47. The zero-order valence-corrected chi connectivity index (χ0v) is 11.2. The van der Waals surface area contributed by atoms with Crippen LogP contribution in [0.2, 0.25) is 0 Å². The Hall–Kier alpha value is -1.90. The second kappa shape index (κ2) is 6.70. The third-order valence-corrected chi connectivity index (χ3v) is 2.93. The monoisotopic (exact) mass is 304 g/mol. The predicted molar refractivity (Wildman–Crippen MR) is 67.5 cm³/mol. The molecule has 0 bridgehead atoms. The zero-order chi connectivity index (χ0) is 15.3. The summed E-state index contributed by atoms with van der Waals surface area (Å²) in [6, 6.07) is 0.796. The molecule has 9 heteroatoms. The van der Waals surface area contributed by atoms with Crippen molar-refractivity contribution < 1.29 is 22.7 Å². The van der Waals surface area contributed by atoms with E-state index >= 15 is 0 Å². The first-order valence-corrected chi connectivity index (χ1v) is 6.46. The topological polar surface area (TPSA) is 67.4 Å². The van der Waals surface area contributed by atoms with Crippen molar-refractivity contribution in [2.75, 3.05) is 38.2 Å². The van der Waals surface area contributed by atoms with Gasteiger partial charge in [0.2, 0.25) is 11.9 Å². The third kappa shape index (κ3) is 4.55. The second-order valence-corrected chi connectivity index (χ2v) is 4.43. The van der Waals surface area contributed by atoms with E-state index in [2.05, 4.69) is 15.3 Å². The molecule has 6 nitrogen and oxygen atoms in total. The second-order valence-electron chi connectivity index (χ2n) is 4.43. The van der Waals surface area contributed by atoms with Crippen LogP contribution in [0.3, 0.4) is 0 Å². The Morgan fingerprint density at radius 2 is 2.10 bits per heavy atom. The number of alkyl halides is 3. The lowest BCUT2D eigenvalue weighted by atomic mass is 10.3. The number of aromatic nitrogens is 2. The van der Waals surface area contributed by atoms with Gasteiger partial charge in [-0.15, -0.1) is 0 Å². The summed E-state index contributed by atoms with van der Waals surface area (Å²) < 4.78 is 42.5. The molecule has 21 heavy (non-hydrogen) atoms. The number of morpholine rings is 1. The minimum absolute atomic E-state index is 0.0715. The summed E-state index contributed by atoms with van der Waals surface area (Å²) in [6.45, 7) is 2.28. The van der Waals surface area contributed by atoms with Crippen LogP contribution in [0.15, 0.2) is 12.3 Å². The van der Waals surface area contributed by atoms with Crippen LogP contribution in [0.1, 0.15) is 12.1 Å². The van der Waals surface area contributed by atoms with Crippen molar-refractivity contribution in [1.29, 1.82) is 0 Å². The fourth-order valence-corrected chi connectivity index (χ4v) is 1.85. The highest BCUT2D eigenvalue weighted by Crippen LogP contribution is 2.27. The van der Waals surface area contributed by atoms with Crippen LogP contribution in [0, 0.1) is 0 Å². The quantitative estimate of drug-likeness (QED) is 0.904. The van der Waals surface area contributed by atoms with Gasteiger partial charge in [0.25, 0.3) is 0 Å². The molecule has 0 radical (unpaired) electrons. The van der Waals surface area contributed by atoms with E-state index in [1.165, 1.54) is 0 Å². The Kier molecular flexibility index (Phi) is 4.94. The molecule has 1 aromatic rings. The van der Waals surface area contributed by atoms with E-state index < -0.39 is 11.9 Å². The number of rotatable bonds is 4. The highest BCUT2D eigenvalue weighted by molar-refractivity contribution is 5.76. The zero-order valence-electron chi connectivity index (χ0n) is 11.2. The van der Waals surface area contributed by atoms with Gasteiger partial charge in [0.15, 0.2) is 0 Å². The van der Waals surface area contributed by atoms with Crippen molar-refractivity contribution >= 4 is 11.9 Å². The van der Waals surface area contributed by atoms with E-state index in [-0.39, 0.29) is 24.8 Å². The number of anilines is 1. The molecule has 0 aliphatic carbocycles. The number of carbonyl (C=O) groups excluding carboxylic acids is 1. The van der Waals surface area contributed by atoms with Gasteiger partial charge in [0, 0.05) is 32.3 Å². The minimum Gasteiger partial charge on any atom is -0.378 e. The van der Waals surface area contributed by atoms with Crippen LogP contribution >= 0.6 is 0 Å². The number of hydrogen-bond donors (Lipinski definition) is 1. The molecule has 1 aliphatic heterocycles. The third-order valence-electron chi connectivity index (χ3n) is 2.93. The molecule has 0 unspecified atom stereocenters. The summed E-state index contributed by atoms with van der Waals surface area (Å²) in [4.78, 5) is 20.5. The Labute approximate surface area is 119 Å². The number of carbonyl (C=O) groups is 1. The fourth-order valence-electron chi connectivity index (χ4n) is 1.85. The molecule has 0 saturated carbocycles. The van der Waals surface area contributed by atoms with Gasteiger partial charge in [0.1, 0.15) is 5.69 Å². The van der Waals surface area contributed by atoms with Crippen molar-refractivity contribution in [3.63, 3.8) is 0 Å². The first-order chi connectivity index (χ1) is 9.97. The molecule has 0 atom stereocenters. The molecular weight excluding hydrogens is 289 g/mol. The largest absolute Gasteiger partial charge is 0.433 e. The molecule has 1 saturated heterocycles. The maximum absolute atomic E-state index is 12.5. The van der Waals surface area contributed by atoms with Crippen molar-refractivity contribution in [3.8, 4) is 0 Å². The fraction of sp³-hybridized carbons (Fsp3) is 0.583. The number of nitrogens with one attached hydrogen (secondary N) is 1. The number of halogens is 3. The lowest BCUT2D eigenvalue weighted by Gasteiger charge is -2.26. The number of nitrogens with zero attached hydrogens (tertiary/aromatic N) is 3. The Bertz CT molecular complexity index is 490. The van der Waals surface area contributed by atoms with Gasteiger partial charge < -0.3 is 15.0 Å². The highest BCUT2D eigenvalue weighted by atomic mass is 19.4. The van der Waals surface area contributed by atoms with Crippen LogP contribution in [0.4, 0.5) is 19.1 Å². The van der Waals surface area contributed by atoms with E-state index in [4.69, 9.17) is 4.74 Å². The summed E-state index contributed by atoms with van der Waals surface area (Å²) in [7, 11) is 0. The standard InChI is InChI=1S/C12H15F3N4O2/c13-12(14,15)9-1-3-16-11(18-9)17-4-2-10(20)19-5-7-21-8-6-19/h1,3H,2,4-8H2,(H,16,17,18). The first kappa shape index (κ1) is 15.5. The molecule has 2 rings (SSSR count). The SMILES string of the molecule is O=C(CCNc1nccc(C(F)(F)F)n1)N1CCOCC1. The molecule has 1 N–H and O–H groups in total. The summed E-state index contributed by atoms with van der Waals surface area (Å²) in [5.41, 5.74) is -1.01. The van der Waals surface area contributed by atoms with Crippen molar-refractivity contribution in [1.82, 2.24) is 14.9 Å². The minimum atomic E-state index is -4.51. The molecule has 116 valence electrons. The Morgan fingerprint density at radius 1 is 1.38 bits per heavy atom. The van der Waals surface area contributed by atoms with Gasteiger partial charge >= 0.3 is 6.18 Å². The van der Waals surface area contributed by atoms with Crippen LogP contribution in [0.5, 0.6) is 0 Å². The maximum atomic E-state index is 12.5. The summed E-state index contributed by atoms with van der Waals surface area (Å²) in [6.07, 6.45) is -3.31. The Morgan fingerprint density at radius 3 is 2.76 bits per heavy atom. The lowest BCUT2D eigenvalue weighted by molar-refractivity contribution is -0.141. The maximum Gasteiger partial charge on any atom is 0.433 e. The van der Waals surface area contributed by atoms with Crippen LogP contribution in [-0.2, 0) is 15.7 Å². The molecule has 1 aliphatic rings. The molecule has 1 amide bonds. The van der Waals surface area contributed by atoms with Gasteiger partial charge in [-0.1, -0.05) is 0 Å². The number of ether oxygens (including phenoxy) is 1. The van der Waals surface area contributed by atoms with Gasteiger partial charge in [0.05, 0.1) is 13.2 Å². The van der Waals surface area contributed by atoms with Crippen molar-refractivity contribution in [3.05, 3.63) is 18.0 Å². The molecule has 0 spiro atoms. The van der Waals surface area contributed by atoms with Crippen LogP contribution in [-0.4, -0.2) is 53.6 Å². The van der Waals surface area contributed by atoms with E-state index in [1.807, 2.05) is 0 Å². The Balaban J connectivity index is 1.82. The van der Waals surface area contributed by atoms with E-state index in [1.54, 1.807) is 4.90 Å². The molecule has 0 aromatic carbocycles. The smallest absolute Gasteiger partial charge is 0.378 e. The summed E-state index contributed by atoms with van der Waals surface area (Å²) >= 11 is 0. The van der Waals surface area contributed by atoms with Gasteiger partial charge in [-0.3, -0.25) is 4.79 Å². The van der Waals surface area contributed by atoms with Gasteiger partial charge in [-0.25, -0.2) is 9.97 Å². The average molecular weight is 304 g/mol. The van der Waals surface area contributed by atoms with E-state index in [0.717, 1.165) is 12.3 Å². The predicted octanol–water partition coefficient (Wildman–Crippen LogP) is 1.16. The molecule has 1 fully saturated rings. The lowest BCUT2D eigenvalue weighted by Crippen LogP contribution is -2.41. The van der Waals surface area contributed by atoms with Crippen molar-refractivity contribution in [2.45, 2.75) is 12.6 Å². The number of amides is 1. The molecule has 2 heterocycles. The van der Waals surface area contributed by atoms with Gasteiger partial charge in [-0.05, 0) is 6.07 Å². The van der Waals surface area contributed by atoms with Crippen molar-refractivity contribution in [2.24, 2.45) is 0 Å². The van der Waals surface area contributed by atoms with E-state index in [0.29, 0.717) is 26.3 Å². The normalized spacial score (nSPS) is 15.9. The highest BCUT2D eigenvalue weighted by Gasteiger charge is 2.32. The molecule has 1 aromatic heterocycles.